The van der Waals surface area contributed by atoms with Crippen LogP contribution >= 0.6 is 0 Å². The molecule has 0 aromatic heterocycles. The number of nitrogens with zero attached hydrogens (tertiary/aromatic N) is 1. The number of hydrogen-bond acceptors (Lipinski definition) is 5. The van der Waals surface area contributed by atoms with Crippen molar-refractivity contribution in [1.82, 2.24) is 0 Å². The van der Waals surface area contributed by atoms with Crippen LogP contribution in [0.25, 0.3) is 11.1 Å². The van der Waals surface area contributed by atoms with E-state index in [1.165, 1.54) is 7.11 Å². The Morgan fingerprint density at radius 2 is 1.63 bits per heavy atom. The second kappa shape index (κ2) is 8.48. The Bertz CT molecular complexity index is 905. The Balaban J connectivity index is 1.82. The van der Waals surface area contributed by atoms with E-state index in [0.29, 0.717) is 12.2 Å². The van der Waals surface area contributed by atoms with Gasteiger partial charge < -0.3 is 14.2 Å². The molecule has 3 atom stereocenters. The van der Waals surface area contributed by atoms with Gasteiger partial charge in [-0.15, -0.1) is 4.48 Å². The third-order valence-electron chi connectivity index (χ3n) is 5.31. The van der Waals surface area contributed by atoms with Crippen LogP contribution in [-0.2, 0) is 9.47 Å². The molecule has 2 amide bonds. The fourth-order valence-corrected chi connectivity index (χ4v) is 3.88. The van der Waals surface area contributed by atoms with Gasteiger partial charge in [-0.2, -0.15) is 9.59 Å². The van der Waals surface area contributed by atoms with Crippen molar-refractivity contribution in [2.75, 3.05) is 13.7 Å². The highest BCUT2D eigenvalue weighted by Crippen LogP contribution is 2.34. The van der Waals surface area contributed by atoms with Gasteiger partial charge in [0.1, 0.15) is 23.9 Å². The van der Waals surface area contributed by atoms with Crippen LogP contribution in [0.2, 0.25) is 0 Å². The van der Waals surface area contributed by atoms with Crippen LogP contribution < -0.4 is 4.74 Å². The molecular weight excluding hydrogens is 382 g/mol. The number of carbonyl (C=O) groups excluding carboxylic acids is 2. The Kier molecular flexibility index (Phi) is 6.17. The topological polar surface area (TPSA) is 61.8 Å². The Labute approximate surface area is 177 Å². The first kappa shape index (κ1) is 21.8. The fourth-order valence-electron chi connectivity index (χ4n) is 3.88. The van der Waals surface area contributed by atoms with Crippen molar-refractivity contribution >= 4 is 12.2 Å². The molecule has 0 bridgehead atoms. The standard InChI is InChI=1S/C24H30NO5/c1-17-14-21(16-25(17,22(26)28-5)23(27)30-24(2,3)4)29-20-13-9-12-19(15-20)18-10-7-6-8-11-18/h6-13,15,17,21H,14,16H2,1-5H3/q+1/t17-,21+,25+/m1/s1. The first-order chi connectivity index (χ1) is 14.2. The van der Waals surface area contributed by atoms with Gasteiger partial charge in [0.2, 0.25) is 0 Å². The molecule has 2 aromatic rings. The maximum atomic E-state index is 13.0. The maximum Gasteiger partial charge on any atom is 0.527 e. The Hall–Kier alpha value is -2.86. The first-order valence-corrected chi connectivity index (χ1v) is 10.2. The van der Waals surface area contributed by atoms with E-state index in [1.54, 1.807) is 20.8 Å². The molecule has 0 N–H and O–H groups in total. The minimum atomic E-state index is -0.709. The summed E-state index contributed by atoms with van der Waals surface area (Å²) in [6, 6.07) is 17.5. The van der Waals surface area contributed by atoms with Gasteiger partial charge >= 0.3 is 12.2 Å². The number of benzene rings is 2. The van der Waals surface area contributed by atoms with Gasteiger partial charge in [-0.1, -0.05) is 42.5 Å². The van der Waals surface area contributed by atoms with Gasteiger partial charge in [-0.25, -0.2) is 0 Å². The average Bonchev–Trinajstić information content (AvgIpc) is 3.03. The predicted molar refractivity (Wildman–Crippen MR) is 114 cm³/mol. The van der Waals surface area contributed by atoms with Crippen molar-refractivity contribution < 1.29 is 28.3 Å². The molecule has 2 aromatic carbocycles. The van der Waals surface area contributed by atoms with E-state index in [4.69, 9.17) is 14.2 Å². The van der Waals surface area contributed by atoms with Gasteiger partial charge in [0, 0.05) is 6.42 Å². The van der Waals surface area contributed by atoms with Crippen molar-refractivity contribution in [3.05, 3.63) is 54.6 Å². The number of methoxy groups -OCH3 is 1. The van der Waals surface area contributed by atoms with E-state index in [-0.39, 0.29) is 18.7 Å². The minimum absolute atomic E-state index is 0.165. The summed E-state index contributed by atoms with van der Waals surface area (Å²) in [5.74, 6) is 0.697. The molecule has 160 valence electrons. The molecule has 0 unspecified atom stereocenters. The van der Waals surface area contributed by atoms with Crippen LogP contribution in [0.15, 0.2) is 54.6 Å². The van der Waals surface area contributed by atoms with Crippen LogP contribution in [0.4, 0.5) is 9.59 Å². The summed E-state index contributed by atoms with van der Waals surface area (Å²) in [5, 5.41) is 0. The normalized spacial score (nSPS) is 23.6. The number of carbonyl (C=O) groups is 2. The average molecular weight is 413 g/mol. The lowest BCUT2D eigenvalue weighted by Crippen LogP contribution is -2.61. The predicted octanol–water partition coefficient (Wildman–Crippen LogP) is 5.41. The summed E-state index contributed by atoms with van der Waals surface area (Å²) in [6.45, 7) is 7.36. The van der Waals surface area contributed by atoms with Crippen LogP contribution in [0, 0.1) is 0 Å². The summed E-state index contributed by atoms with van der Waals surface area (Å²) in [7, 11) is 1.29. The van der Waals surface area contributed by atoms with E-state index in [0.717, 1.165) is 11.1 Å². The molecule has 1 aliphatic heterocycles. The molecule has 0 spiro atoms. The van der Waals surface area contributed by atoms with Crippen LogP contribution in [0.5, 0.6) is 5.75 Å². The largest absolute Gasteiger partial charge is 0.527 e. The quantitative estimate of drug-likeness (QED) is 0.631. The summed E-state index contributed by atoms with van der Waals surface area (Å²) < 4.78 is 16.2. The third kappa shape index (κ3) is 4.49. The van der Waals surface area contributed by atoms with Crippen molar-refractivity contribution in [2.45, 2.75) is 51.9 Å². The van der Waals surface area contributed by atoms with Crippen molar-refractivity contribution in [3.63, 3.8) is 0 Å². The third-order valence-corrected chi connectivity index (χ3v) is 5.31. The molecule has 1 fully saturated rings. The second-order valence-corrected chi connectivity index (χ2v) is 8.72. The number of imide groups is 1. The van der Waals surface area contributed by atoms with E-state index in [1.807, 2.05) is 61.5 Å². The smallest absolute Gasteiger partial charge is 0.484 e. The van der Waals surface area contributed by atoms with Gasteiger partial charge in [0.15, 0.2) is 6.10 Å². The first-order valence-electron chi connectivity index (χ1n) is 10.2. The lowest BCUT2D eigenvalue weighted by Gasteiger charge is -2.32. The van der Waals surface area contributed by atoms with E-state index >= 15 is 0 Å². The number of likely N-dealkylation sites (tertiary alicyclic amines) is 1. The summed E-state index contributed by atoms with van der Waals surface area (Å²) in [5.41, 5.74) is 1.43. The molecular formula is C24H30NO5+. The zero-order chi connectivity index (χ0) is 21.9. The highest BCUT2D eigenvalue weighted by Gasteiger charge is 2.60. The molecule has 0 saturated carbocycles. The highest BCUT2D eigenvalue weighted by molar-refractivity contribution is 5.77. The van der Waals surface area contributed by atoms with Crippen LogP contribution in [0.3, 0.4) is 0 Å². The second-order valence-electron chi connectivity index (χ2n) is 8.72. The Morgan fingerprint density at radius 3 is 2.27 bits per heavy atom. The van der Waals surface area contributed by atoms with Gasteiger partial charge in [-0.3, -0.25) is 0 Å². The van der Waals surface area contributed by atoms with E-state index < -0.39 is 22.3 Å². The number of hydrogen-bond donors (Lipinski definition) is 0. The summed E-state index contributed by atoms with van der Waals surface area (Å²) >= 11 is 0. The lowest BCUT2D eigenvalue weighted by atomic mass is 10.1. The van der Waals surface area contributed by atoms with E-state index in [9.17, 15) is 9.59 Å². The molecule has 1 saturated heterocycles. The van der Waals surface area contributed by atoms with Gasteiger partial charge in [0.25, 0.3) is 0 Å². The van der Waals surface area contributed by atoms with Crippen LogP contribution in [0.1, 0.15) is 34.1 Å². The molecule has 6 nitrogen and oxygen atoms in total. The molecule has 0 radical (unpaired) electrons. The van der Waals surface area contributed by atoms with Crippen molar-refractivity contribution in [2.24, 2.45) is 0 Å². The fraction of sp³-hybridized carbons (Fsp3) is 0.417. The number of rotatable bonds is 3. The molecule has 1 aliphatic rings. The molecule has 30 heavy (non-hydrogen) atoms. The Morgan fingerprint density at radius 1 is 0.967 bits per heavy atom. The van der Waals surface area contributed by atoms with Crippen LogP contribution in [-0.4, -0.2) is 48.1 Å². The lowest BCUT2D eigenvalue weighted by molar-refractivity contribution is -0.798. The number of quaternary nitrogens is 1. The van der Waals surface area contributed by atoms with Crippen molar-refractivity contribution in [1.29, 1.82) is 0 Å². The molecule has 1 heterocycles. The summed E-state index contributed by atoms with van der Waals surface area (Å²) in [4.78, 5) is 25.7. The zero-order valence-corrected chi connectivity index (χ0v) is 18.3. The highest BCUT2D eigenvalue weighted by atomic mass is 16.6. The minimum Gasteiger partial charge on any atom is -0.484 e. The molecule has 6 heteroatoms. The maximum absolute atomic E-state index is 13.0. The van der Waals surface area contributed by atoms with Crippen molar-refractivity contribution in [3.8, 4) is 16.9 Å². The molecule has 0 aliphatic carbocycles. The van der Waals surface area contributed by atoms with Gasteiger partial charge in [0.05, 0.1) is 7.11 Å². The number of amides is 2. The monoisotopic (exact) mass is 412 g/mol. The zero-order valence-electron chi connectivity index (χ0n) is 18.3. The van der Waals surface area contributed by atoms with Gasteiger partial charge in [-0.05, 0) is 51.0 Å². The SMILES string of the molecule is COC(=O)[N@+]1(C(=O)OC(C)(C)C)C[C@@H](Oc2cccc(-c3ccccc3)c2)C[C@H]1C. The summed E-state index contributed by atoms with van der Waals surface area (Å²) in [6.07, 6.45) is -1.02. The number of ether oxygens (including phenoxy) is 3. The van der Waals surface area contributed by atoms with E-state index in [2.05, 4.69) is 0 Å². The molecule has 3 rings (SSSR count).